The first-order chi connectivity index (χ1) is 13.0. The van der Waals surface area contributed by atoms with Crippen LogP contribution >= 0.6 is 12.4 Å². The molecule has 9 heteroatoms. The Bertz CT molecular complexity index is 916. The molecule has 2 aromatic rings. The Morgan fingerprint density at radius 3 is 2.59 bits per heavy atom. The van der Waals surface area contributed by atoms with Crippen molar-refractivity contribution >= 4 is 24.0 Å². The van der Waals surface area contributed by atoms with Crippen LogP contribution in [0.4, 0.5) is 18.9 Å². The molecular formula is C20H23ClF3N3O2. The highest BCUT2D eigenvalue weighted by Gasteiger charge is 2.35. The number of nitrogens with zero attached hydrogens (tertiary/aromatic N) is 2. The fourth-order valence-electron chi connectivity index (χ4n) is 3.68. The van der Waals surface area contributed by atoms with Gasteiger partial charge in [0.05, 0.1) is 30.3 Å². The van der Waals surface area contributed by atoms with Crippen LogP contribution in [0.2, 0.25) is 0 Å². The van der Waals surface area contributed by atoms with Crippen molar-refractivity contribution in [2.45, 2.75) is 32.0 Å². The number of nitrogens with one attached hydrogen (secondary N) is 1. The normalized spacial score (nSPS) is 15.8. The van der Waals surface area contributed by atoms with Crippen molar-refractivity contribution in [2.24, 2.45) is 0 Å². The van der Waals surface area contributed by atoms with Crippen molar-refractivity contribution in [1.29, 1.82) is 0 Å². The number of rotatable bonds is 3. The summed E-state index contributed by atoms with van der Waals surface area (Å²) in [4.78, 5) is 19.2. The Morgan fingerprint density at radius 2 is 1.97 bits per heavy atom. The number of amides is 1. The molecule has 1 aliphatic rings. The molecule has 2 heterocycles. The zero-order valence-corrected chi connectivity index (χ0v) is 17.4. The highest BCUT2D eigenvalue weighted by molar-refractivity contribution is 6.04. The number of fused-ring (bicyclic) bond motifs is 1. The SMILES string of the molecule is COc1ccc(C(=O)Nc2cnc3c(c2)CN(C)CC3(C)C)cc1C(F)(F)F.Cl. The third kappa shape index (κ3) is 4.82. The zero-order chi connectivity index (χ0) is 20.7. The third-order valence-electron chi connectivity index (χ3n) is 4.74. The number of methoxy groups -OCH3 is 1. The number of hydrogen-bond acceptors (Lipinski definition) is 4. The highest BCUT2D eigenvalue weighted by atomic mass is 35.5. The molecule has 1 N–H and O–H groups in total. The summed E-state index contributed by atoms with van der Waals surface area (Å²) in [6.45, 7) is 5.76. The van der Waals surface area contributed by atoms with E-state index in [1.54, 1.807) is 0 Å². The first kappa shape index (κ1) is 23.0. The van der Waals surface area contributed by atoms with E-state index in [-0.39, 0.29) is 29.1 Å². The lowest BCUT2D eigenvalue weighted by Crippen LogP contribution is -2.40. The number of hydrogen-bond donors (Lipinski definition) is 1. The molecule has 0 fully saturated rings. The molecule has 0 spiro atoms. The van der Waals surface area contributed by atoms with E-state index in [9.17, 15) is 18.0 Å². The molecule has 29 heavy (non-hydrogen) atoms. The monoisotopic (exact) mass is 429 g/mol. The number of ether oxygens (including phenoxy) is 1. The summed E-state index contributed by atoms with van der Waals surface area (Å²) < 4.78 is 44.3. The average Bonchev–Trinajstić information content (AvgIpc) is 2.59. The lowest BCUT2D eigenvalue weighted by Gasteiger charge is -2.37. The predicted molar refractivity (Wildman–Crippen MR) is 107 cm³/mol. The highest BCUT2D eigenvalue weighted by Crippen LogP contribution is 2.37. The molecule has 0 saturated heterocycles. The van der Waals surface area contributed by atoms with Crippen molar-refractivity contribution < 1.29 is 22.7 Å². The molecular weight excluding hydrogens is 407 g/mol. The van der Waals surface area contributed by atoms with Crippen LogP contribution in [0.1, 0.15) is 41.0 Å². The molecule has 1 aliphatic heterocycles. The molecule has 5 nitrogen and oxygen atoms in total. The van der Waals surface area contributed by atoms with Gasteiger partial charge in [-0.3, -0.25) is 9.78 Å². The van der Waals surface area contributed by atoms with Gasteiger partial charge in [-0.2, -0.15) is 13.2 Å². The van der Waals surface area contributed by atoms with Crippen molar-refractivity contribution in [3.8, 4) is 5.75 Å². The van der Waals surface area contributed by atoms with E-state index < -0.39 is 17.6 Å². The van der Waals surface area contributed by atoms with Crippen LogP contribution in [0.15, 0.2) is 30.5 Å². The molecule has 0 bridgehead atoms. The minimum Gasteiger partial charge on any atom is -0.496 e. The number of halogens is 4. The Labute approximate surface area is 173 Å². The third-order valence-corrected chi connectivity index (χ3v) is 4.74. The van der Waals surface area contributed by atoms with Gasteiger partial charge in [0.15, 0.2) is 0 Å². The first-order valence-corrected chi connectivity index (χ1v) is 8.76. The van der Waals surface area contributed by atoms with E-state index in [4.69, 9.17) is 4.74 Å². The second kappa shape index (κ2) is 8.20. The van der Waals surface area contributed by atoms with Gasteiger partial charge in [0, 0.05) is 24.1 Å². The molecule has 0 atom stereocenters. The van der Waals surface area contributed by atoms with Crippen molar-refractivity contribution in [3.05, 3.63) is 52.8 Å². The van der Waals surface area contributed by atoms with Crippen LogP contribution in [0.5, 0.6) is 5.75 Å². The summed E-state index contributed by atoms with van der Waals surface area (Å²) in [5.74, 6) is -0.969. The van der Waals surface area contributed by atoms with Gasteiger partial charge in [-0.05, 0) is 36.9 Å². The standard InChI is InChI=1S/C20H22F3N3O2.ClH/c1-19(2)11-26(3)10-13-7-14(9-24-17(13)19)25-18(27)12-5-6-16(28-4)15(8-12)20(21,22)23;/h5-9H,10-11H2,1-4H3,(H,25,27);1H. The number of benzene rings is 1. The Kier molecular flexibility index (Phi) is 6.49. The molecule has 0 unspecified atom stereocenters. The fourth-order valence-corrected chi connectivity index (χ4v) is 3.68. The molecule has 158 valence electrons. The van der Waals surface area contributed by atoms with Gasteiger partial charge in [0.25, 0.3) is 5.91 Å². The van der Waals surface area contributed by atoms with Gasteiger partial charge in [0.1, 0.15) is 5.75 Å². The van der Waals surface area contributed by atoms with Crippen LogP contribution in [0, 0.1) is 0 Å². The number of carbonyl (C=O) groups is 1. The zero-order valence-electron chi connectivity index (χ0n) is 16.6. The summed E-state index contributed by atoms with van der Waals surface area (Å²) in [6, 6.07) is 5.05. The molecule has 1 aromatic carbocycles. The number of pyridine rings is 1. The summed E-state index contributed by atoms with van der Waals surface area (Å²) >= 11 is 0. The smallest absolute Gasteiger partial charge is 0.419 e. The van der Waals surface area contributed by atoms with Gasteiger partial charge >= 0.3 is 6.18 Å². The molecule has 3 rings (SSSR count). The quantitative estimate of drug-likeness (QED) is 0.780. The van der Waals surface area contributed by atoms with Crippen LogP contribution < -0.4 is 10.1 Å². The fraction of sp³-hybridized carbons (Fsp3) is 0.400. The first-order valence-electron chi connectivity index (χ1n) is 8.76. The van der Waals surface area contributed by atoms with Gasteiger partial charge in [-0.1, -0.05) is 13.8 Å². The van der Waals surface area contributed by atoms with Crippen LogP contribution in [-0.2, 0) is 18.1 Å². The van der Waals surface area contributed by atoms with E-state index in [0.29, 0.717) is 12.2 Å². The van der Waals surface area contributed by atoms with Crippen molar-refractivity contribution in [2.75, 3.05) is 26.0 Å². The van der Waals surface area contributed by atoms with Gasteiger partial charge in [-0.25, -0.2) is 0 Å². The lowest BCUT2D eigenvalue weighted by molar-refractivity contribution is -0.138. The topological polar surface area (TPSA) is 54.5 Å². The number of likely N-dealkylation sites (N-methyl/N-ethyl adjacent to an activating group) is 1. The maximum absolute atomic E-state index is 13.2. The van der Waals surface area contributed by atoms with Crippen LogP contribution in [0.25, 0.3) is 0 Å². The molecule has 1 amide bonds. The minimum absolute atomic E-state index is 0. The van der Waals surface area contributed by atoms with E-state index in [1.165, 1.54) is 12.3 Å². The molecule has 1 aromatic heterocycles. The Morgan fingerprint density at radius 1 is 1.28 bits per heavy atom. The molecule has 0 saturated carbocycles. The van der Waals surface area contributed by atoms with E-state index in [1.807, 2.05) is 13.1 Å². The number of anilines is 1. The minimum atomic E-state index is -4.62. The van der Waals surface area contributed by atoms with Gasteiger partial charge < -0.3 is 15.0 Å². The summed E-state index contributed by atoms with van der Waals surface area (Å²) in [6.07, 6.45) is -3.08. The largest absolute Gasteiger partial charge is 0.496 e. The van der Waals surface area contributed by atoms with Crippen molar-refractivity contribution in [1.82, 2.24) is 9.88 Å². The number of carbonyl (C=O) groups excluding carboxylic acids is 1. The van der Waals surface area contributed by atoms with Gasteiger partial charge in [-0.15, -0.1) is 12.4 Å². The second-order valence-corrected chi connectivity index (χ2v) is 7.65. The van der Waals surface area contributed by atoms with E-state index in [2.05, 4.69) is 29.0 Å². The average molecular weight is 430 g/mol. The van der Waals surface area contributed by atoms with Crippen molar-refractivity contribution in [3.63, 3.8) is 0 Å². The predicted octanol–water partition coefficient (Wildman–Crippen LogP) is 4.51. The Balaban J connectivity index is 0.00000300. The maximum Gasteiger partial charge on any atom is 0.419 e. The molecule has 0 radical (unpaired) electrons. The lowest BCUT2D eigenvalue weighted by atomic mass is 9.82. The van der Waals surface area contributed by atoms with E-state index >= 15 is 0 Å². The van der Waals surface area contributed by atoms with Crippen LogP contribution in [0.3, 0.4) is 0 Å². The number of alkyl halides is 3. The second-order valence-electron chi connectivity index (χ2n) is 7.65. The maximum atomic E-state index is 13.2. The number of aromatic nitrogens is 1. The van der Waals surface area contributed by atoms with Crippen LogP contribution in [-0.4, -0.2) is 36.5 Å². The van der Waals surface area contributed by atoms with Gasteiger partial charge in [0.2, 0.25) is 0 Å². The Hall–Kier alpha value is -2.32. The van der Waals surface area contributed by atoms with E-state index in [0.717, 1.165) is 37.0 Å². The summed E-state index contributed by atoms with van der Waals surface area (Å²) in [7, 11) is 3.16. The molecule has 0 aliphatic carbocycles. The summed E-state index contributed by atoms with van der Waals surface area (Å²) in [5, 5.41) is 2.64. The summed E-state index contributed by atoms with van der Waals surface area (Å²) in [5.41, 5.74) is 1.18.